The zero-order chi connectivity index (χ0) is 13.3. The molecule has 0 amide bonds. The summed E-state index contributed by atoms with van der Waals surface area (Å²) < 4.78 is 26.8. The first-order chi connectivity index (χ1) is 9.15. The third kappa shape index (κ3) is 3.08. The summed E-state index contributed by atoms with van der Waals surface area (Å²) in [5, 5.41) is 3.30. The van der Waals surface area contributed by atoms with E-state index in [1.165, 1.54) is 0 Å². The second kappa shape index (κ2) is 5.11. The average Bonchev–Trinajstić information content (AvgIpc) is 3.23. The Kier molecular flexibility index (Phi) is 3.47. The first kappa shape index (κ1) is 12.9. The van der Waals surface area contributed by atoms with Gasteiger partial charge in [-0.15, -0.1) is 0 Å². The zero-order valence-corrected chi connectivity index (χ0v) is 11.6. The van der Waals surface area contributed by atoms with Crippen molar-refractivity contribution in [3.63, 3.8) is 0 Å². The molecule has 1 heterocycles. The number of sulfonamides is 1. The van der Waals surface area contributed by atoms with Gasteiger partial charge >= 0.3 is 0 Å². The van der Waals surface area contributed by atoms with Gasteiger partial charge in [-0.05, 0) is 37.1 Å². The van der Waals surface area contributed by atoms with Gasteiger partial charge in [-0.25, -0.2) is 13.1 Å². The summed E-state index contributed by atoms with van der Waals surface area (Å²) in [5.74, 6) is 0. The minimum atomic E-state index is -3.33. The number of hydrogen-bond acceptors (Lipinski definition) is 4. The van der Waals surface area contributed by atoms with Crippen molar-refractivity contribution in [3.05, 3.63) is 24.3 Å². The van der Waals surface area contributed by atoms with Crippen LogP contribution >= 0.6 is 0 Å². The van der Waals surface area contributed by atoms with Crippen LogP contribution in [-0.4, -0.2) is 40.6 Å². The van der Waals surface area contributed by atoms with Crippen molar-refractivity contribution in [2.45, 2.75) is 23.8 Å². The van der Waals surface area contributed by atoms with Gasteiger partial charge in [-0.1, -0.05) is 0 Å². The molecule has 3 rings (SSSR count). The normalized spacial score (nSPS) is 20.5. The minimum Gasteiger partial charge on any atom is -0.369 e. The fourth-order valence-corrected chi connectivity index (χ4v) is 3.55. The first-order valence-electron chi connectivity index (χ1n) is 6.73. The van der Waals surface area contributed by atoms with Gasteiger partial charge in [0.05, 0.1) is 4.90 Å². The predicted molar refractivity (Wildman–Crippen MR) is 74.9 cm³/mol. The summed E-state index contributed by atoms with van der Waals surface area (Å²) >= 11 is 0. The van der Waals surface area contributed by atoms with Crippen molar-refractivity contribution in [2.24, 2.45) is 0 Å². The Balaban J connectivity index is 1.74. The molecule has 2 aliphatic rings. The van der Waals surface area contributed by atoms with Gasteiger partial charge in [-0.2, -0.15) is 0 Å². The van der Waals surface area contributed by atoms with E-state index in [0.717, 1.165) is 44.7 Å². The van der Waals surface area contributed by atoms with Gasteiger partial charge in [0.2, 0.25) is 10.0 Å². The van der Waals surface area contributed by atoms with E-state index in [1.54, 1.807) is 12.1 Å². The summed E-state index contributed by atoms with van der Waals surface area (Å²) in [4.78, 5) is 2.62. The lowest BCUT2D eigenvalue weighted by Gasteiger charge is -2.29. The van der Waals surface area contributed by atoms with E-state index in [-0.39, 0.29) is 6.04 Å². The third-order valence-corrected chi connectivity index (χ3v) is 5.06. The molecule has 1 aliphatic heterocycles. The highest BCUT2D eigenvalue weighted by molar-refractivity contribution is 7.89. The maximum atomic E-state index is 12.0. The molecule has 1 saturated carbocycles. The van der Waals surface area contributed by atoms with Gasteiger partial charge in [0, 0.05) is 37.9 Å². The molecule has 0 unspecified atom stereocenters. The number of hydrogen-bond donors (Lipinski definition) is 2. The smallest absolute Gasteiger partial charge is 0.240 e. The van der Waals surface area contributed by atoms with Crippen molar-refractivity contribution < 1.29 is 8.42 Å². The molecule has 2 fully saturated rings. The van der Waals surface area contributed by atoms with E-state index < -0.39 is 10.0 Å². The zero-order valence-electron chi connectivity index (χ0n) is 10.8. The van der Waals surface area contributed by atoms with E-state index in [2.05, 4.69) is 14.9 Å². The van der Waals surface area contributed by atoms with Gasteiger partial charge in [-0.3, -0.25) is 0 Å². The standard InChI is InChI=1S/C13H19N3O2S/c17-19(18,15-11-1-2-11)13-5-3-12(4-6-13)16-9-7-14-8-10-16/h3-6,11,14-15H,1-2,7-10H2. The van der Waals surface area contributed by atoms with E-state index in [1.807, 2.05) is 12.1 Å². The van der Waals surface area contributed by atoms with Crippen molar-refractivity contribution in [3.8, 4) is 0 Å². The Morgan fingerprint density at radius 1 is 1.11 bits per heavy atom. The van der Waals surface area contributed by atoms with Crippen LogP contribution in [-0.2, 0) is 10.0 Å². The molecule has 5 nitrogen and oxygen atoms in total. The first-order valence-corrected chi connectivity index (χ1v) is 8.21. The topological polar surface area (TPSA) is 61.4 Å². The molecule has 0 spiro atoms. The van der Waals surface area contributed by atoms with Crippen LogP contribution in [0.2, 0.25) is 0 Å². The Bertz CT molecular complexity index is 532. The molecule has 0 radical (unpaired) electrons. The van der Waals surface area contributed by atoms with E-state index in [0.29, 0.717) is 4.90 Å². The molecule has 2 N–H and O–H groups in total. The van der Waals surface area contributed by atoms with Crippen molar-refractivity contribution in [1.29, 1.82) is 0 Å². The molecular formula is C13H19N3O2S. The Morgan fingerprint density at radius 2 is 1.74 bits per heavy atom. The summed E-state index contributed by atoms with van der Waals surface area (Å²) in [7, 11) is -3.33. The molecule has 1 aromatic carbocycles. The fraction of sp³-hybridized carbons (Fsp3) is 0.538. The molecule has 0 atom stereocenters. The van der Waals surface area contributed by atoms with Crippen molar-refractivity contribution in [1.82, 2.24) is 10.0 Å². The maximum absolute atomic E-state index is 12.0. The van der Waals surface area contributed by atoms with Crippen LogP contribution < -0.4 is 14.9 Å². The highest BCUT2D eigenvalue weighted by Crippen LogP contribution is 2.23. The Labute approximate surface area is 114 Å². The number of benzene rings is 1. The fourth-order valence-electron chi connectivity index (χ4n) is 2.25. The molecular weight excluding hydrogens is 262 g/mol. The monoisotopic (exact) mass is 281 g/mol. The number of rotatable bonds is 4. The van der Waals surface area contributed by atoms with Crippen molar-refractivity contribution >= 4 is 15.7 Å². The lowest BCUT2D eigenvalue weighted by Crippen LogP contribution is -2.43. The summed E-state index contributed by atoms with van der Waals surface area (Å²) in [5.41, 5.74) is 1.09. The Hall–Kier alpha value is -1.11. The average molecular weight is 281 g/mol. The van der Waals surface area contributed by atoms with Crippen LogP contribution in [0.1, 0.15) is 12.8 Å². The minimum absolute atomic E-state index is 0.151. The largest absolute Gasteiger partial charge is 0.369 e. The maximum Gasteiger partial charge on any atom is 0.240 e. The van der Waals surface area contributed by atoms with E-state index in [4.69, 9.17) is 0 Å². The van der Waals surface area contributed by atoms with E-state index in [9.17, 15) is 8.42 Å². The third-order valence-electron chi connectivity index (χ3n) is 3.53. The quantitative estimate of drug-likeness (QED) is 0.845. The second-order valence-corrected chi connectivity index (χ2v) is 6.84. The summed E-state index contributed by atoms with van der Waals surface area (Å²) in [6.45, 7) is 3.88. The molecule has 1 aliphatic carbocycles. The molecule has 1 saturated heterocycles. The number of nitrogens with one attached hydrogen (secondary N) is 2. The van der Waals surface area contributed by atoms with Gasteiger partial charge in [0.1, 0.15) is 0 Å². The SMILES string of the molecule is O=S(=O)(NC1CC1)c1ccc(N2CCNCC2)cc1. The van der Waals surface area contributed by atoms with Gasteiger partial charge < -0.3 is 10.2 Å². The highest BCUT2D eigenvalue weighted by atomic mass is 32.2. The lowest BCUT2D eigenvalue weighted by atomic mass is 10.2. The van der Waals surface area contributed by atoms with Crippen LogP contribution in [0, 0.1) is 0 Å². The molecule has 0 aromatic heterocycles. The molecule has 0 bridgehead atoms. The van der Waals surface area contributed by atoms with Crippen LogP contribution in [0.15, 0.2) is 29.2 Å². The highest BCUT2D eigenvalue weighted by Gasteiger charge is 2.27. The predicted octanol–water partition coefficient (Wildman–Crippen LogP) is 0.537. The molecule has 1 aromatic rings. The summed E-state index contributed by atoms with van der Waals surface area (Å²) in [6, 6.07) is 7.34. The number of nitrogens with zero attached hydrogens (tertiary/aromatic N) is 1. The van der Waals surface area contributed by atoms with Gasteiger partial charge in [0.25, 0.3) is 0 Å². The van der Waals surface area contributed by atoms with Crippen LogP contribution in [0.3, 0.4) is 0 Å². The summed E-state index contributed by atoms with van der Waals surface area (Å²) in [6.07, 6.45) is 1.91. The second-order valence-electron chi connectivity index (χ2n) is 5.13. The molecule has 6 heteroatoms. The molecule has 19 heavy (non-hydrogen) atoms. The van der Waals surface area contributed by atoms with Gasteiger partial charge in [0.15, 0.2) is 0 Å². The number of anilines is 1. The van der Waals surface area contributed by atoms with Crippen LogP contribution in [0.5, 0.6) is 0 Å². The van der Waals surface area contributed by atoms with Crippen LogP contribution in [0.25, 0.3) is 0 Å². The Morgan fingerprint density at radius 3 is 2.32 bits per heavy atom. The van der Waals surface area contributed by atoms with Crippen molar-refractivity contribution in [2.75, 3.05) is 31.1 Å². The molecule has 104 valence electrons. The lowest BCUT2D eigenvalue weighted by molar-refractivity contribution is 0.580. The van der Waals surface area contributed by atoms with Crippen LogP contribution in [0.4, 0.5) is 5.69 Å². The van der Waals surface area contributed by atoms with E-state index >= 15 is 0 Å². The number of piperazine rings is 1.